The molecular weight excluding hydrogens is 174 g/mol. The van der Waals surface area contributed by atoms with Crippen molar-refractivity contribution in [1.29, 1.82) is 0 Å². The van der Waals surface area contributed by atoms with Crippen LogP contribution in [0.5, 0.6) is 0 Å². The van der Waals surface area contributed by atoms with Crippen molar-refractivity contribution in [3.8, 4) is 0 Å². The molecule has 0 spiro atoms. The van der Waals surface area contributed by atoms with Crippen LogP contribution in [0, 0.1) is 17.0 Å². The van der Waals surface area contributed by atoms with E-state index in [9.17, 15) is 14.9 Å². The largest absolute Gasteiger partial charge is 0.364 e. The fraction of sp³-hybridized carbons (Fsp3) is 0.286. The Morgan fingerprint density at radius 2 is 2.23 bits per heavy atom. The average molecular weight is 183 g/mol. The van der Waals surface area contributed by atoms with Crippen LogP contribution in [0.1, 0.15) is 16.1 Å². The van der Waals surface area contributed by atoms with E-state index in [1.165, 1.54) is 17.7 Å². The molecule has 6 heteroatoms. The van der Waals surface area contributed by atoms with Gasteiger partial charge in [-0.2, -0.15) is 0 Å². The second-order valence-corrected chi connectivity index (χ2v) is 2.72. The molecule has 0 unspecified atom stereocenters. The number of carbonyl (C=O) groups is 1. The molecule has 0 radical (unpaired) electrons. The molecular formula is C7H9N3O3. The molecule has 0 saturated carbocycles. The molecule has 0 fully saturated rings. The fourth-order valence-electron chi connectivity index (χ4n) is 1.27. The Hall–Kier alpha value is -1.85. The lowest BCUT2D eigenvalue weighted by molar-refractivity contribution is -0.385. The summed E-state index contributed by atoms with van der Waals surface area (Å²) in [6, 6.07) is 0. The van der Waals surface area contributed by atoms with Crippen molar-refractivity contribution >= 4 is 11.6 Å². The Labute approximate surface area is 74.1 Å². The number of rotatable bonds is 2. The first-order valence-corrected chi connectivity index (χ1v) is 3.55. The van der Waals surface area contributed by atoms with Crippen LogP contribution < -0.4 is 5.73 Å². The van der Waals surface area contributed by atoms with E-state index in [1.807, 2.05) is 0 Å². The molecule has 6 nitrogen and oxygen atoms in total. The Balaban J connectivity index is 3.39. The molecule has 0 aliphatic rings. The lowest BCUT2D eigenvalue weighted by Gasteiger charge is -1.96. The second-order valence-electron chi connectivity index (χ2n) is 2.72. The van der Waals surface area contributed by atoms with Crippen LogP contribution in [0.3, 0.4) is 0 Å². The third kappa shape index (κ3) is 1.37. The molecule has 13 heavy (non-hydrogen) atoms. The summed E-state index contributed by atoms with van der Waals surface area (Å²) < 4.78 is 1.36. The summed E-state index contributed by atoms with van der Waals surface area (Å²) in [5.41, 5.74) is 5.44. The highest BCUT2D eigenvalue weighted by Crippen LogP contribution is 2.22. The van der Waals surface area contributed by atoms with E-state index in [0.29, 0.717) is 5.56 Å². The summed E-state index contributed by atoms with van der Waals surface area (Å²) >= 11 is 0. The van der Waals surface area contributed by atoms with Gasteiger partial charge in [-0.25, -0.2) is 0 Å². The summed E-state index contributed by atoms with van der Waals surface area (Å²) in [6.45, 7) is 1.50. The van der Waals surface area contributed by atoms with Gasteiger partial charge in [-0.05, 0) is 6.92 Å². The van der Waals surface area contributed by atoms with E-state index in [4.69, 9.17) is 5.73 Å². The number of hydrogen-bond acceptors (Lipinski definition) is 3. The number of hydrogen-bond donors (Lipinski definition) is 1. The molecule has 0 saturated heterocycles. The standard InChI is InChI=1S/C7H9N3O3/c1-4-5(10(12)13)3-9(2)6(4)7(8)11/h3H,1-2H3,(H2,8,11). The SMILES string of the molecule is Cc1c([N+](=O)[O-])cn(C)c1C(N)=O. The van der Waals surface area contributed by atoms with Gasteiger partial charge in [0, 0.05) is 7.05 Å². The van der Waals surface area contributed by atoms with E-state index >= 15 is 0 Å². The summed E-state index contributed by atoms with van der Waals surface area (Å²) in [7, 11) is 1.54. The molecule has 1 aromatic heterocycles. The molecule has 1 rings (SSSR count). The molecule has 70 valence electrons. The van der Waals surface area contributed by atoms with Crippen molar-refractivity contribution in [1.82, 2.24) is 4.57 Å². The number of primary amides is 1. The van der Waals surface area contributed by atoms with Crippen molar-refractivity contribution in [3.05, 3.63) is 27.6 Å². The molecule has 2 N–H and O–H groups in total. The molecule has 1 heterocycles. The van der Waals surface area contributed by atoms with Crippen molar-refractivity contribution in [2.75, 3.05) is 0 Å². The minimum atomic E-state index is -0.659. The third-order valence-electron chi connectivity index (χ3n) is 1.84. The Morgan fingerprint density at radius 3 is 2.46 bits per heavy atom. The highest BCUT2D eigenvalue weighted by molar-refractivity contribution is 5.93. The van der Waals surface area contributed by atoms with Gasteiger partial charge in [0.1, 0.15) is 5.69 Å². The van der Waals surface area contributed by atoms with Crippen molar-refractivity contribution in [3.63, 3.8) is 0 Å². The van der Waals surface area contributed by atoms with Gasteiger partial charge in [0.15, 0.2) is 0 Å². The van der Waals surface area contributed by atoms with E-state index in [-0.39, 0.29) is 11.4 Å². The number of nitrogens with two attached hydrogens (primary N) is 1. The highest BCUT2D eigenvalue weighted by atomic mass is 16.6. The Morgan fingerprint density at radius 1 is 1.69 bits per heavy atom. The number of nitrogens with zero attached hydrogens (tertiary/aromatic N) is 2. The molecule has 0 aliphatic heterocycles. The summed E-state index contributed by atoms with van der Waals surface area (Å²) in [6.07, 6.45) is 1.27. The van der Waals surface area contributed by atoms with Gasteiger partial charge >= 0.3 is 0 Å². The maximum absolute atomic E-state index is 10.9. The molecule has 0 atom stereocenters. The molecule has 0 aliphatic carbocycles. The maximum atomic E-state index is 10.9. The number of aromatic nitrogens is 1. The lowest BCUT2D eigenvalue weighted by atomic mass is 10.2. The first-order valence-electron chi connectivity index (χ1n) is 3.55. The van der Waals surface area contributed by atoms with Gasteiger partial charge in [0.05, 0.1) is 16.7 Å². The third-order valence-corrected chi connectivity index (χ3v) is 1.84. The monoisotopic (exact) mass is 183 g/mol. The van der Waals surface area contributed by atoms with Gasteiger partial charge in [0.25, 0.3) is 11.6 Å². The highest BCUT2D eigenvalue weighted by Gasteiger charge is 2.21. The zero-order chi connectivity index (χ0) is 10.2. The molecule has 1 amide bonds. The zero-order valence-electron chi connectivity index (χ0n) is 7.27. The molecule has 0 aromatic carbocycles. The van der Waals surface area contributed by atoms with Gasteiger partial charge < -0.3 is 10.3 Å². The van der Waals surface area contributed by atoms with Crippen LogP contribution in [0.15, 0.2) is 6.20 Å². The number of amides is 1. The number of carbonyl (C=O) groups excluding carboxylic acids is 1. The van der Waals surface area contributed by atoms with Crippen LogP contribution >= 0.6 is 0 Å². The molecule has 0 bridgehead atoms. The normalized spacial score (nSPS) is 10.0. The van der Waals surface area contributed by atoms with Gasteiger partial charge in [-0.15, -0.1) is 0 Å². The second kappa shape index (κ2) is 2.89. The molecule has 1 aromatic rings. The van der Waals surface area contributed by atoms with Crippen LogP contribution in [-0.4, -0.2) is 15.4 Å². The number of aryl methyl sites for hydroxylation is 1. The fourth-order valence-corrected chi connectivity index (χ4v) is 1.27. The van der Waals surface area contributed by atoms with Crippen molar-refractivity contribution < 1.29 is 9.72 Å². The van der Waals surface area contributed by atoms with Gasteiger partial charge in [-0.3, -0.25) is 14.9 Å². The predicted octanol–water partition coefficient (Wildman–Crippen LogP) is 0.341. The van der Waals surface area contributed by atoms with E-state index < -0.39 is 10.8 Å². The predicted molar refractivity (Wildman–Crippen MR) is 45.3 cm³/mol. The maximum Gasteiger partial charge on any atom is 0.290 e. The van der Waals surface area contributed by atoms with E-state index in [0.717, 1.165) is 0 Å². The number of nitro groups is 1. The smallest absolute Gasteiger partial charge is 0.290 e. The van der Waals surface area contributed by atoms with Crippen LogP contribution in [0.25, 0.3) is 0 Å². The topological polar surface area (TPSA) is 91.2 Å². The van der Waals surface area contributed by atoms with Crippen LogP contribution in [0.2, 0.25) is 0 Å². The van der Waals surface area contributed by atoms with E-state index in [2.05, 4.69) is 0 Å². The summed E-state index contributed by atoms with van der Waals surface area (Å²) in [4.78, 5) is 20.8. The van der Waals surface area contributed by atoms with Crippen molar-refractivity contribution in [2.24, 2.45) is 12.8 Å². The van der Waals surface area contributed by atoms with Crippen LogP contribution in [-0.2, 0) is 7.05 Å². The zero-order valence-corrected chi connectivity index (χ0v) is 7.27. The van der Waals surface area contributed by atoms with Gasteiger partial charge in [0.2, 0.25) is 0 Å². The average Bonchev–Trinajstić information content (AvgIpc) is 2.26. The first-order chi connectivity index (χ1) is 5.95. The summed E-state index contributed by atoms with van der Waals surface area (Å²) in [5, 5.41) is 10.5. The van der Waals surface area contributed by atoms with Gasteiger partial charge in [-0.1, -0.05) is 0 Å². The van der Waals surface area contributed by atoms with E-state index in [1.54, 1.807) is 7.05 Å². The minimum Gasteiger partial charge on any atom is -0.364 e. The first kappa shape index (κ1) is 9.24. The lowest BCUT2D eigenvalue weighted by Crippen LogP contribution is -2.16. The Kier molecular flexibility index (Phi) is 2.05. The quantitative estimate of drug-likeness (QED) is 0.529. The van der Waals surface area contributed by atoms with Crippen molar-refractivity contribution in [2.45, 2.75) is 6.92 Å². The Bertz CT molecular complexity index is 381. The van der Waals surface area contributed by atoms with Crippen LogP contribution in [0.4, 0.5) is 5.69 Å². The minimum absolute atomic E-state index is 0.0868. The summed E-state index contributed by atoms with van der Waals surface area (Å²) in [5.74, 6) is -0.659.